The molecule has 2 aromatic heterocycles. The van der Waals surface area contributed by atoms with Gasteiger partial charge in [0.2, 0.25) is 0 Å². The molecule has 120 valence electrons. The van der Waals surface area contributed by atoms with Gasteiger partial charge in [-0.2, -0.15) is 0 Å². The lowest BCUT2D eigenvalue weighted by molar-refractivity contribution is -0.385. The number of nitro benzene ring substituents is 1. The zero-order valence-electron chi connectivity index (χ0n) is 11.8. The van der Waals surface area contributed by atoms with Crippen LogP contribution in [-0.2, 0) is 0 Å². The van der Waals surface area contributed by atoms with Crippen LogP contribution in [-0.4, -0.2) is 20.7 Å². The number of aromatic nitrogens is 1. The third-order valence-corrected chi connectivity index (χ3v) is 3.21. The molecule has 3 aromatic rings. The van der Waals surface area contributed by atoms with Gasteiger partial charge in [0.15, 0.2) is 5.76 Å². The van der Waals surface area contributed by atoms with Gasteiger partial charge in [-0.25, -0.2) is 4.98 Å². The second kappa shape index (κ2) is 5.76. The second-order valence-electron chi connectivity index (χ2n) is 4.67. The number of carbonyl (C=O) groups excluding carboxylic acids is 1. The molecule has 3 rings (SSSR count). The maximum absolute atomic E-state index is 12.1. The second-order valence-corrected chi connectivity index (χ2v) is 4.67. The number of benzene rings is 1. The smallest absolute Gasteiger partial charge is 0.295 e. The third-order valence-electron chi connectivity index (χ3n) is 3.21. The van der Waals surface area contributed by atoms with E-state index < -0.39 is 15.8 Å². The molecule has 0 aliphatic carbocycles. The van der Waals surface area contributed by atoms with Crippen LogP contribution < -0.4 is 5.32 Å². The Kier molecular flexibility index (Phi) is 3.62. The molecule has 0 saturated carbocycles. The van der Waals surface area contributed by atoms with E-state index in [1.165, 1.54) is 30.5 Å². The molecule has 0 aliphatic rings. The lowest BCUT2D eigenvalue weighted by Gasteiger charge is -2.07. The Morgan fingerprint density at radius 1 is 1.17 bits per heavy atom. The maximum atomic E-state index is 12.1. The van der Waals surface area contributed by atoms with E-state index in [4.69, 9.17) is 4.42 Å². The number of nitro groups is 2. The molecule has 1 N–H and O–H groups in total. The first kappa shape index (κ1) is 15.1. The van der Waals surface area contributed by atoms with E-state index in [2.05, 4.69) is 10.3 Å². The van der Waals surface area contributed by atoms with Crippen LogP contribution in [0.15, 0.2) is 47.2 Å². The van der Waals surface area contributed by atoms with Gasteiger partial charge in [0.1, 0.15) is 17.4 Å². The van der Waals surface area contributed by atoms with E-state index in [0.717, 1.165) is 12.3 Å². The van der Waals surface area contributed by atoms with Crippen molar-refractivity contribution in [2.45, 2.75) is 0 Å². The van der Waals surface area contributed by atoms with Gasteiger partial charge in [-0.3, -0.25) is 25.0 Å². The number of fused-ring (bicyclic) bond motifs is 1. The molecule has 10 heteroatoms. The van der Waals surface area contributed by atoms with Gasteiger partial charge in [-0.15, -0.1) is 0 Å². The third kappa shape index (κ3) is 2.63. The number of carbonyl (C=O) groups is 1. The van der Waals surface area contributed by atoms with Gasteiger partial charge >= 0.3 is 0 Å². The van der Waals surface area contributed by atoms with Crippen molar-refractivity contribution in [3.05, 3.63) is 68.8 Å². The first-order valence-corrected chi connectivity index (χ1v) is 6.54. The van der Waals surface area contributed by atoms with Crippen LogP contribution in [0.3, 0.4) is 0 Å². The van der Waals surface area contributed by atoms with Gasteiger partial charge in [0.25, 0.3) is 17.3 Å². The van der Waals surface area contributed by atoms with Gasteiger partial charge < -0.3 is 9.73 Å². The van der Waals surface area contributed by atoms with Crippen molar-refractivity contribution in [2.24, 2.45) is 0 Å². The number of hydrogen-bond acceptors (Lipinski definition) is 7. The van der Waals surface area contributed by atoms with Crippen LogP contribution in [0.5, 0.6) is 0 Å². The highest BCUT2D eigenvalue weighted by Gasteiger charge is 2.22. The number of amides is 1. The molecule has 0 radical (unpaired) electrons. The standard InChI is InChI=1S/C14H8N4O6/c19-14(11-2-1-5-24-11)16-13-10(18(22)23)4-3-8-6-9(17(20)21)7-15-12(8)13/h1-7H,(H,16,19). The minimum Gasteiger partial charge on any atom is -0.459 e. The summed E-state index contributed by atoms with van der Waals surface area (Å²) in [7, 11) is 0. The van der Waals surface area contributed by atoms with E-state index in [-0.39, 0.29) is 33.7 Å². The van der Waals surface area contributed by atoms with E-state index in [9.17, 15) is 25.0 Å². The zero-order valence-corrected chi connectivity index (χ0v) is 11.8. The molecule has 0 aliphatic heterocycles. The summed E-state index contributed by atoms with van der Waals surface area (Å²) in [5.74, 6) is -0.737. The molecule has 24 heavy (non-hydrogen) atoms. The van der Waals surface area contributed by atoms with Crippen molar-refractivity contribution < 1.29 is 19.1 Å². The maximum Gasteiger partial charge on any atom is 0.295 e. The van der Waals surface area contributed by atoms with Gasteiger partial charge in [-0.05, 0) is 18.2 Å². The monoisotopic (exact) mass is 328 g/mol. The highest BCUT2D eigenvalue weighted by Crippen LogP contribution is 2.33. The fraction of sp³-hybridized carbons (Fsp3) is 0. The molecular weight excluding hydrogens is 320 g/mol. The first-order valence-electron chi connectivity index (χ1n) is 6.54. The summed E-state index contributed by atoms with van der Waals surface area (Å²) in [4.78, 5) is 36.7. The molecule has 2 heterocycles. The average molecular weight is 328 g/mol. The van der Waals surface area contributed by atoms with Crippen molar-refractivity contribution in [2.75, 3.05) is 5.32 Å². The highest BCUT2D eigenvalue weighted by atomic mass is 16.6. The Hall–Kier alpha value is -3.82. The summed E-state index contributed by atoms with van der Waals surface area (Å²) in [6, 6.07) is 6.58. The summed E-state index contributed by atoms with van der Waals surface area (Å²) in [5, 5.41) is 24.7. The summed E-state index contributed by atoms with van der Waals surface area (Å²) in [5.41, 5.74) is -0.744. The van der Waals surface area contributed by atoms with Crippen molar-refractivity contribution in [1.29, 1.82) is 0 Å². The predicted octanol–water partition coefficient (Wildman–Crippen LogP) is 2.90. The molecule has 1 aromatic carbocycles. The van der Waals surface area contributed by atoms with Crippen LogP contribution in [0.25, 0.3) is 10.9 Å². The molecule has 0 fully saturated rings. The highest BCUT2D eigenvalue weighted by molar-refractivity contribution is 6.09. The summed E-state index contributed by atoms with van der Waals surface area (Å²) < 4.78 is 4.94. The minimum atomic E-state index is -0.698. The van der Waals surface area contributed by atoms with Gasteiger partial charge in [0, 0.05) is 17.5 Å². The largest absolute Gasteiger partial charge is 0.459 e. The fourth-order valence-corrected chi connectivity index (χ4v) is 2.14. The summed E-state index contributed by atoms with van der Waals surface area (Å²) in [6.45, 7) is 0. The van der Waals surface area contributed by atoms with Gasteiger partial charge in [0.05, 0.1) is 16.1 Å². The summed E-state index contributed by atoms with van der Waals surface area (Å²) in [6.07, 6.45) is 2.25. The van der Waals surface area contributed by atoms with E-state index >= 15 is 0 Å². The molecule has 10 nitrogen and oxygen atoms in total. The average Bonchev–Trinajstić information content (AvgIpc) is 3.08. The Morgan fingerprint density at radius 2 is 1.96 bits per heavy atom. The Bertz CT molecular complexity index is 967. The number of furan rings is 1. The van der Waals surface area contributed by atoms with Crippen LogP contribution in [0.1, 0.15) is 10.6 Å². The van der Waals surface area contributed by atoms with Crippen LogP contribution in [0.2, 0.25) is 0 Å². The quantitative estimate of drug-likeness (QED) is 0.573. The molecule has 0 bridgehead atoms. The van der Waals surface area contributed by atoms with E-state index in [1.807, 2.05) is 0 Å². The lowest BCUT2D eigenvalue weighted by Crippen LogP contribution is -2.13. The number of nitrogens with zero attached hydrogens (tertiary/aromatic N) is 3. The number of nitrogens with one attached hydrogen (secondary N) is 1. The molecular formula is C14H8N4O6. The van der Waals surface area contributed by atoms with Crippen LogP contribution >= 0.6 is 0 Å². The Balaban J connectivity index is 2.15. The SMILES string of the molecule is O=C(Nc1c([N+](=O)[O-])ccc2cc([N+](=O)[O-])cnc12)c1ccco1. The number of hydrogen-bond donors (Lipinski definition) is 1. The Labute approximate surface area is 133 Å². The minimum absolute atomic E-state index is 0.0387. The normalized spacial score (nSPS) is 10.5. The molecule has 0 atom stereocenters. The van der Waals surface area contributed by atoms with E-state index in [0.29, 0.717) is 0 Å². The topological polar surface area (TPSA) is 141 Å². The molecule has 1 amide bonds. The van der Waals surface area contributed by atoms with Crippen LogP contribution in [0, 0.1) is 20.2 Å². The number of pyridine rings is 1. The number of rotatable bonds is 4. The number of anilines is 1. The van der Waals surface area contributed by atoms with Crippen molar-refractivity contribution in [1.82, 2.24) is 4.98 Å². The molecule has 0 unspecified atom stereocenters. The first-order chi connectivity index (χ1) is 11.5. The van der Waals surface area contributed by atoms with E-state index in [1.54, 1.807) is 0 Å². The lowest BCUT2D eigenvalue weighted by atomic mass is 10.1. The molecule has 0 saturated heterocycles. The Morgan fingerprint density at radius 3 is 2.58 bits per heavy atom. The summed E-state index contributed by atoms with van der Waals surface area (Å²) >= 11 is 0. The molecule has 0 spiro atoms. The predicted molar refractivity (Wildman–Crippen MR) is 81.7 cm³/mol. The van der Waals surface area contributed by atoms with Gasteiger partial charge in [-0.1, -0.05) is 0 Å². The van der Waals surface area contributed by atoms with Crippen molar-refractivity contribution >= 4 is 33.9 Å². The van der Waals surface area contributed by atoms with Crippen molar-refractivity contribution in [3.63, 3.8) is 0 Å². The fourth-order valence-electron chi connectivity index (χ4n) is 2.14. The zero-order chi connectivity index (χ0) is 17.3. The van der Waals surface area contributed by atoms with Crippen LogP contribution in [0.4, 0.5) is 17.1 Å². The van der Waals surface area contributed by atoms with Crippen molar-refractivity contribution in [3.8, 4) is 0 Å².